The molecule has 0 aliphatic carbocycles. The van der Waals surface area contributed by atoms with Crippen LogP contribution in [0.3, 0.4) is 0 Å². The highest BCUT2D eigenvalue weighted by Gasteiger charge is 2.63. The van der Waals surface area contributed by atoms with Crippen molar-refractivity contribution in [3.05, 3.63) is 70.3 Å². The van der Waals surface area contributed by atoms with Gasteiger partial charge in [-0.2, -0.15) is 13.2 Å². The molecule has 0 aromatic heterocycles. The van der Waals surface area contributed by atoms with Gasteiger partial charge in [-0.25, -0.2) is 4.79 Å². The Morgan fingerprint density at radius 3 is 2.50 bits per heavy atom. The minimum Gasteiger partial charge on any atom is -0.478 e. The third kappa shape index (κ3) is 3.27. The number of hydrogen-bond acceptors (Lipinski definition) is 3. The summed E-state index contributed by atoms with van der Waals surface area (Å²) in [7, 11) is 0. The van der Waals surface area contributed by atoms with Gasteiger partial charge in [0.25, 0.3) is 5.72 Å². The van der Waals surface area contributed by atoms with E-state index in [1.807, 2.05) is 0 Å². The van der Waals surface area contributed by atoms with Crippen molar-refractivity contribution >= 4 is 23.6 Å². The topological polar surface area (TPSA) is 58.6 Å². The number of carbonyl (C=O) groups is 1. The molecular weight excluding hydrogens is 371 g/mol. The molecule has 1 aliphatic rings. The van der Waals surface area contributed by atoms with E-state index in [-0.39, 0.29) is 22.9 Å². The van der Waals surface area contributed by atoms with Crippen molar-refractivity contribution in [1.29, 1.82) is 0 Å². The number of carboxylic acids is 1. The third-order valence-corrected chi connectivity index (χ3v) is 4.16. The second kappa shape index (κ2) is 6.66. The van der Waals surface area contributed by atoms with E-state index in [2.05, 4.69) is 5.32 Å². The molecule has 0 saturated carbocycles. The van der Waals surface area contributed by atoms with E-state index in [1.165, 1.54) is 18.2 Å². The molecule has 2 N–H and O–H groups in total. The Morgan fingerprint density at radius 2 is 1.88 bits per heavy atom. The lowest BCUT2D eigenvalue weighted by Gasteiger charge is -2.39. The van der Waals surface area contributed by atoms with Crippen molar-refractivity contribution in [3.63, 3.8) is 0 Å². The first-order chi connectivity index (χ1) is 12.2. The first-order valence-electron chi connectivity index (χ1n) is 7.53. The summed E-state index contributed by atoms with van der Waals surface area (Å²) < 4.78 is 47.1. The summed E-state index contributed by atoms with van der Waals surface area (Å²) in [6, 6.07) is 12.3. The monoisotopic (exact) mass is 383 g/mol. The zero-order valence-electron chi connectivity index (χ0n) is 13.2. The molecule has 1 unspecified atom stereocenters. The molecule has 0 saturated heterocycles. The zero-order valence-corrected chi connectivity index (χ0v) is 13.9. The highest BCUT2D eigenvalue weighted by Crippen LogP contribution is 2.44. The molecule has 0 spiro atoms. The number of aliphatic carboxylic acids is 1. The minimum absolute atomic E-state index is 0.114. The number of carboxylic acid groups (broad SMARTS) is 1. The summed E-state index contributed by atoms with van der Waals surface area (Å²) in [6.45, 7) is -0.242. The highest BCUT2D eigenvalue weighted by atomic mass is 35.5. The van der Waals surface area contributed by atoms with Gasteiger partial charge < -0.3 is 9.84 Å². The van der Waals surface area contributed by atoms with Crippen molar-refractivity contribution in [3.8, 4) is 5.75 Å². The number of nitrogens with one attached hydrogen (secondary N) is 1. The lowest BCUT2D eigenvalue weighted by molar-refractivity contribution is -0.247. The molecule has 8 heteroatoms. The van der Waals surface area contributed by atoms with Crippen LogP contribution in [0.5, 0.6) is 5.75 Å². The lowest BCUT2D eigenvalue weighted by atomic mass is 9.95. The second-order valence-corrected chi connectivity index (χ2v) is 6.10. The van der Waals surface area contributed by atoms with E-state index in [0.29, 0.717) is 5.56 Å². The van der Waals surface area contributed by atoms with Crippen molar-refractivity contribution in [2.75, 3.05) is 0 Å². The first-order valence-corrected chi connectivity index (χ1v) is 7.90. The Labute approximate surface area is 151 Å². The van der Waals surface area contributed by atoms with E-state index in [1.54, 1.807) is 30.3 Å². The average Bonchev–Trinajstić information content (AvgIpc) is 2.59. The van der Waals surface area contributed by atoms with Gasteiger partial charge in [0.2, 0.25) is 0 Å². The number of ether oxygens (including phenoxy) is 1. The summed E-state index contributed by atoms with van der Waals surface area (Å²) in [4.78, 5) is 11.6. The van der Waals surface area contributed by atoms with Crippen molar-refractivity contribution in [2.24, 2.45) is 0 Å². The maximum Gasteiger partial charge on any atom is 0.447 e. The fourth-order valence-electron chi connectivity index (χ4n) is 2.68. The van der Waals surface area contributed by atoms with Crippen LogP contribution in [0, 0.1) is 0 Å². The molecule has 1 atom stereocenters. The predicted octanol–water partition coefficient (Wildman–Crippen LogP) is 4.25. The summed E-state index contributed by atoms with van der Waals surface area (Å²) >= 11 is 5.84. The number of halogens is 4. The fraction of sp³-hybridized carbons (Fsp3) is 0.167. The first kappa shape index (κ1) is 18.3. The molecule has 1 aliphatic heterocycles. The molecule has 0 fully saturated rings. The Morgan fingerprint density at radius 1 is 1.19 bits per heavy atom. The molecule has 2 aromatic carbocycles. The van der Waals surface area contributed by atoms with Gasteiger partial charge in [-0.3, -0.25) is 5.32 Å². The summed E-state index contributed by atoms with van der Waals surface area (Å²) in [5, 5.41) is 11.9. The Hall–Kier alpha value is -2.51. The molecule has 26 heavy (non-hydrogen) atoms. The maximum absolute atomic E-state index is 14.0. The zero-order chi connectivity index (χ0) is 18.9. The van der Waals surface area contributed by atoms with E-state index in [0.717, 1.165) is 6.08 Å². The highest BCUT2D eigenvalue weighted by molar-refractivity contribution is 6.30. The molecule has 2 aromatic rings. The SMILES string of the molecule is O=C(O)C1=Cc2cc(Cl)ccc2OC1(NCc1ccccc1)C(F)(F)F. The Kier molecular flexibility index (Phi) is 4.68. The normalized spacial score (nSPS) is 19.3. The summed E-state index contributed by atoms with van der Waals surface area (Å²) in [5.74, 6) is -1.86. The quantitative estimate of drug-likeness (QED) is 0.828. The van der Waals surface area contributed by atoms with Crippen LogP contribution in [0.4, 0.5) is 13.2 Å². The molecule has 0 radical (unpaired) electrons. The summed E-state index contributed by atoms with van der Waals surface area (Å²) in [6.07, 6.45) is -4.10. The average molecular weight is 384 g/mol. The van der Waals surface area contributed by atoms with E-state index in [9.17, 15) is 23.1 Å². The van der Waals surface area contributed by atoms with Crippen LogP contribution in [0.15, 0.2) is 54.1 Å². The second-order valence-electron chi connectivity index (χ2n) is 5.67. The third-order valence-electron chi connectivity index (χ3n) is 3.93. The van der Waals surface area contributed by atoms with Crippen LogP contribution >= 0.6 is 11.6 Å². The largest absolute Gasteiger partial charge is 0.478 e. The maximum atomic E-state index is 14.0. The Bertz CT molecular complexity index is 868. The van der Waals surface area contributed by atoms with Crippen LogP contribution in [-0.2, 0) is 11.3 Å². The van der Waals surface area contributed by atoms with E-state index in [4.69, 9.17) is 16.3 Å². The number of benzene rings is 2. The molecule has 0 bridgehead atoms. The van der Waals surface area contributed by atoms with Gasteiger partial charge in [-0.1, -0.05) is 41.9 Å². The number of hydrogen-bond donors (Lipinski definition) is 2. The fourth-order valence-corrected chi connectivity index (χ4v) is 2.86. The van der Waals surface area contributed by atoms with Gasteiger partial charge in [-0.05, 0) is 29.8 Å². The molecule has 0 amide bonds. The minimum atomic E-state index is -5.02. The van der Waals surface area contributed by atoms with Gasteiger partial charge in [0.1, 0.15) is 11.3 Å². The lowest BCUT2D eigenvalue weighted by Crippen LogP contribution is -2.64. The van der Waals surface area contributed by atoms with Crippen LogP contribution in [0.2, 0.25) is 5.02 Å². The molecule has 1 heterocycles. The Balaban J connectivity index is 2.08. The van der Waals surface area contributed by atoms with Gasteiger partial charge in [-0.15, -0.1) is 0 Å². The van der Waals surface area contributed by atoms with Crippen molar-refractivity contribution in [1.82, 2.24) is 5.32 Å². The van der Waals surface area contributed by atoms with Crippen molar-refractivity contribution in [2.45, 2.75) is 18.4 Å². The van der Waals surface area contributed by atoms with Crippen LogP contribution in [-0.4, -0.2) is 23.0 Å². The van der Waals surface area contributed by atoms with Gasteiger partial charge in [0.05, 0.1) is 0 Å². The standard InChI is InChI=1S/C18H13ClF3NO3/c19-13-6-7-15-12(8-13)9-14(16(24)25)17(26-15,18(20,21)22)23-10-11-4-2-1-3-5-11/h1-9,23H,10H2,(H,24,25). The van der Waals surface area contributed by atoms with Crippen LogP contribution < -0.4 is 10.1 Å². The van der Waals surface area contributed by atoms with E-state index >= 15 is 0 Å². The smallest absolute Gasteiger partial charge is 0.447 e. The molecule has 3 rings (SSSR count). The molecular formula is C18H13ClF3NO3. The molecule has 136 valence electrons. The van der Waals surface area contributed by atoms with Crippen molar-refractivity contribution < 1.29 is 27.8 Å². The predicted molar refractivity (Wildman–Crippen MR) is 89.8 cm³/mol. The van der Waals surface area contributed by atoms with Crippen LogP contribution in [0.25, 0.3) is 6.08 Å². The number of alkyl halides is 3. The van der Waals surface area contributed by atoms with Crippen LogP contribution in [0.1, 0.15) is 11.1 Å². The van der Waals surface area contributed by atoms with Gasteiger partial charge in [0, 0.05) is 17.1 Å². The summed E-state index contributed by atoms with van der Waals surface area (Å²) in [5.41, 5.74) is -3.44. The van der Waals surface area contributed by atoms with Gasteiger partial charge in [0.15, 0.2) is 0 Å². The number of fused-ring (bicyclic) bond motifs is 1. The number of rotatable bonds is 4. The molecule has 4 nitrogen and oxygen atoms in total. The van der Waals surface area contributed by atoms with E-state index < -0.39 is 23.4 Å². The van der Waals surface area contributed by atoms with Gasteiger partial charge >= 0.3 is 12.1 Å².